The monoisotopic (exact) mass is 445 g/mol. The molecule has 0 bridgehead atoms. The zero-order valence-corrected chi connectivity index (χ0v) is 16.7. The van der Waals surface area contributed by atoms with Crippen LogP contribution in [0.1, 0.15) is 11.4 Å². The Labute approximate surface area is 178 Å². The van der Waals surface area contributed by atoms with E-state index in [-0.39, 0.29) is 22.1 Å². The van der Waals surface area contributed by atoms with Crippen molar-refractivity contribution < 1.29 is 14.8 Å². The van der Waals surface area contributed by atoms with Gasteiger partial charge < -0.3 is 0 Å². The summed E-state index contributed by atoms with van der Waals surface area (Å²) in [7, 11) is 0. The number of nitro benzene ring substituents is 3. The molecule has 3 rings (SSSR count). The van der Waals surface area contributed by atoms with Gasteiger partial charge in [-0.25, -0.2) is 4.68 Å². The molecule has 1 heterocycles. The summed E-state index contributed by atoms with van der Waals surface area (Å²) in [6, 6.07) is 6.91. The third-order valence-electron chi connectivity index (χ3n) is 4.25. The fourth-order valence-electron chi connectivity index (χ4n) is 2.76. The maximum absolute atomic E-state index is 11.4. The van der Waals surface area contributed by atoms with Gasteiger partial charge in [0.05, 0.1) is 37.2 Å². The second-order valence-corrected chi connectivity index (χ2v) is 6.62. The summed E-state index contributed by atoms with van der Waals surface area (Å²) in [5, 5.41) is 45.5. The number of hydrogen-bond donors (Lipinski definition) is 0. The molecule has 3 aromatic rings. The minimum absolute atomic E-state index is 0.0195. The van der Waals surface area contributed by atoms with E-state index in [1.165, 1.54) is 22.9 Å². The maximum Gasteiger partial charge on any atom is 0.301 e. The standard InChI is InChI=1S/C17H12ClN7O6/c1-9-17(20-19-14-5-3-11(23(26)27)7-13(14)18)10(2)22(21-9)15-6-4-12(24(28)29)8-16(15)25(30)31/h3-8H,1-2H3. The average Bonchev–Trinajstić information content (AvgIpc) is 2.99. The summed E-state index contributed by atoms with van der Waals surface area (Å²) in [4.78, 5) is 31.1. The van der Waals surface area contributed by atoms with Crippen LogP contribution in [0.25, 0.3) is 5.69 Å². The minimum atomic E-state index is -0.739. The smallest absolute Gasteiger partial charge is 0.258 e. The van der Waals surface area contributed by atoms with Gasteiger partial charge in [0.1, 0.15) is 17.1 Å². The zero-order valence-electron chi connectivity index (χ0n) is 15.9. The van der Waals surface area contributed by atoms with Crippen molar-refractivity contribution in [1.82, 2.24) is 9.78 Å². The molecule has 31 heavy (non-hydrogen) atoms. The van der Waals surface area contributed by atoms with Crippen molar-refractivity contribution in [2.45, 2.75) is 13.8 Å². The first-order chi connectivity index (χ1) is 14.6. The van der Waals surface area contributed by atoms with E-state index in [0.717, 1.165) is 18.2 Å². The van der Waals surface area contributed by atoms with Crippen molar-refractivity contribution in [3.8, 4) is 5.69 Å². The molecule has 0 atom stereocenters. The fourth-order valence-corrected chi connectivity index (χ4v) is 2.97. The summed E-state index contributed by atoms with van der Waals surface area (Å²) in [6.07, 6.45) is 0. The largest absolute Gasteiger partial charge is 0.301 e. The molecule has 1 aromatic heterocycles. The molecule has 158 valence electrons. The third-order valence-corrected chi connectivity index (χ3v) is 4.55. The second-order valence-electron chi connectivity index (χ2n) is 6.21. The van der Waals surface area contributed by atoms with Gasteiger partial charge in [0.25, 0.3) is 11.4 Å². The normalized spacial score (nSPS) is 11.1. The van der Waals surface area contributed by atoms with Gasteiger partial charge in [0.2, 0.25) is 0 Å². The molecule has 0 N–H and O–H groups in total. The number of halogens is 1. The Morgan fingerprint density at radius 3 is 2.10 bits per heavy atom. The van der Waals surface area contributed by atoms with Crippen molar-refractivity contribution in [1.29, 1.82) is 0 Å². The number of aromatic nitrogens is 2. The number of aryl methyl sites for hydroxylation is 1. The quantitative estimate of drug-likeness (QED) is 0.281. The lowest BCUT2D eigenvalue weighted by atomic mass is 10.2. The first kappa shape index (κ1) is 21.4. The molecule has 0 unspecified atom stereocenters. The van der Waals surface area contributed by atoms with Crippen molar-refractivity contribution in [2.75, 3.05) is 0 Å². The van der Waals surface area contributed by atoms with Crippen LogP contribution in [0.5, 0.6) is 0 Å². The fraction of sp³-hybridized carbons (Fsp3) is 0.118. The van der Waals surface area contributed by atoms with Crippen LogP contribution in [-0.4, -0.2) is 24.6 Å². The van der Waals surface area contributed by atoms with Gasteiger partial charge in [-0.15, -0.1) is 10.2 Å². The van der Waals surface area contributed by atoms with Crippen molar-refractivity contribution in [3.63, 3.8) is 0 Å². The third kappa shape index (κ3) is 4.20. The van der Waals surface area contributed by atoms with E-state index in [1.54, 1.807) is 13.8 Å². The summed E-state index contributed by atoms with van der Waals surface area (Å²) >= 11 is 6.01. The van der Waals surface area contributed by atoms with E-state index in [4.69, 9.17) is 11.6 Å². The molecule has 0 aliphatic rings. The average molecular weight is 446 g/mol. The number of non-ortho nitro benzene ring substituents is 2. The Kier molecular flexibility index (Phi) is 5.70. The molecule has 13 nitrogen and oxygen atoms in total. The first-order valence-electron chi connectivity index (χ1n) is 8.45. The number of rotatable bonds is 6. The maximum atomic E-state index is 11.4. The van der Waals surface area contributed by atoms with Crippen LogP contribution in [0, 0.1) is 44.2 Å². The lowest BCUT2D eigenvalue weighted by Crippen LogP contribution is -2.04. The van der Waals surface area contributed by atoms with Gasteiger partial charge in [-0.05, 0) is 26.0 Å². The summed E-state index contributed by atoms with van der Waals surface area (Å²) in [5.74, 6) is 0. The van der Waals surface area contributed by atoms with Gasteiger partial charge in [-0.3, -0.25) is 30.3 Å². The van der Waals surface area contributed by atoms with Crippen LogP contribution >= 0.6 is 11.6 Å². The second kappa shape index (κ2) is 8.23. The molecular formula is C17H12ClN7O6. The van der Waals surface area contributed by atoms with Crippen molar-refractivity contribution >= 4 is 40.0 Å². The predicted octanol–water partition coefficient (Wildman–Crippen LogP) is 5.28. The van der Waals surface area contributed by atoms with Gasteiger partial charge in [-0.2, -0.15) is 5.10 Å². The van der Waals surface area contributed by atoms with Gasteiger partial charge >= 0.3 is 5.69 Å². The molecule has 2 aromatic carbocycles. The van der Waals surface area contributed by atoms with Crippen molar-refractivity contribution in [3.05, 3.63) is 83.2 Å². The lowest BCUT2D eigenvalue weighted by Gasteiger charge is -2.05. The predicted molar refractivity (Wildman–Crippen MR) is 109 cm³/mol. The van der Waals surface area contributed by atoms with Crippen LogP contribution in [0.4, 0.5) is 28.4 Å². The highest BCUT2D eigenvalue weighted by atomic mass is 35.5. The van der Waals surface area contributed by atoms with E-state index in [1.807, 2.05) is 0 Å². The number of azo groups is 1. The molecule has 0 saturated heterocycles. The summed E-state index contributed by atoms with van der Waals surface area (Å²) < 4.78 is 1.24. The highest BCUT2D eigenvalue weighted by molar-refractivity contribution is 6.33. The van der Waals surface area contributed by atoms with E-state index in [2.05, 4.69) is 15.3 Å². The van der Waals surface area contributed by atoms with Crippen LogP contribution in [0.15, 0.2) is 46.6 Å². The number of benzene rings is 2. The first-order valence-corrected chi connectivity index (χ1v) is 8.83. The van der Waals surface area contributed by atoms with Crippen molar-refractivity contribution in [2.24, 2.45) is 10.2 Å². The highest BCUT2D eigenvalue weighted by Gasteiger charge is 2.24. The Hall–Kier alpha value is -4.26. The van der Waals surface area contributed by atoms with E-state index in [0.29, 0.717) is 17.1 Å². The topological polar surface area (TPSA) is 172 Å². The van der Waals surface area contributed by atoms with E-state index >= 15 is 0 Å². The van der Waals surface area contributed by atoms with E-state index < -0.39 is 26.1 Å². The van der Waals surface area contributed by atoms with Crippen LogP contribution < -0.4 is 0 Å². The molecule has 0 radical (unpaired) electrons. The minimum Gasteiger partial charge on any atom is -0.258 e. The molecule has 0 fully saturated rings. The molecule has 0 spiro atoms. The SMILES string of the molecule is Cc1nn(-c2ccc([N+](=O)[O-])cc2[N+](=O)[O-])c(C)c1N=Nc1ccc([N+](=O)[O-])cc1Cl. The molecule has 0 amide bonds. The molecule has 14 heteroatoms. The molecular weight excluding hydrogens is 434 g/mol. The van der Waals surface area contributed by atoms with Gasteiger partial charge in [0.15, 0.2) is 0 Å². The number of nitro groups is 3. The Bertz CT molecular complexity index is 1270. The highest BCUT2D eigenvalue weighted by Crippen LogP contribution is 2.34. The lowest BCUT2D eigenvalue weighted by molar-refractivity contribution is -0.394. The summed E-state index contributed by atoms with van der Waals surface area (Å²) in [5.41, 5.74) is 0.136. The van der Waals surface area contributed by atoms with Crippen LogP contribution in [0.3, 0.4) is 0 Å². The number of hydrogen-bond acceptors (Lipinski definition) is 9. The summed E-state index contributed by atoms with van der Waals surface area (Å²) in [6.45, 7) is 3.20. The Morgan fingerprint density at radius 2 is 1.52 bits per heavy atom. The number of nitrogens with zero attached hydrogens (tertiary/aromatic N) is 7. The molecule has 0 saturated carbocycles. The van der Waals surface area contributed by atoms with Gasteiger partial charge in [-0.1, -0.05) is 11.6 Å². The van der Waals surface area contributed by atoms with Gasteiger partial charge in [0, 0.05) is 18.2 Å². The van der Waals surface area contributed by atoms with E-state index in [9.17, 15) is 30.3 Å². The Balaban J connectivity index is 2.04. The zero-order chi connectivity index (χ0) is 22.9. The van der Waals surface area contributed by atoms with Crippen LogP contribution in [-0.2, 0) is 0 Å². The molecule has 0 aliphatic carbocycles. The Morgan fingerprint density at radius 1 is 0.903 bits per heavy atom. The molecule has 0 aliphatic heterocycles. The van der Waals surface area contributed by atoms with Crippen LogP contribution in [0.2, 0.25) is 5.02 Å².